The maximum atomic E-state index is 11.5. The molecule has 0 spiro atoms. The minimum atomic E-state index is 0.262. The minimum Gasteiger partial charge on any atom is -0.355 e. The van der Waals surface area contributed by atoms with Crippen LogP contribution in [0.25, 0.3) is 0 Å². The molecule has 0 unspecified atom stereocenters. The summed E-state index contributed by atoms with van der Waals surface area (Å²) in [5, 5.41) is 6.52. The largest absolute Gasteiger partial charge is 0.355 e. The molecule has 2 saturated carbocycles. The number of carbonyl (C=O) groups excluding carboxylic acids is 1. The Morgan fingerprint density at radius 1 is 1.00 bits per heavy atom. The fraction of sp³-hybridized carbons (Fsp3) is 0.941. The van der Waals surface area contributed by atoms with E-state index in [0.717, 1.165) is 44.3 Å². The maximum Gasteiger partial charge on any atom is 0.223 e. The summed E-state index contributed by atoms with van der Waals surface area (Å²) in [6, 6.07) is 0. The second kappa shape index (κ2) is 6.93. The maximum absolute atomic E-state index is 11.5. The zero-order chi connectivity index (χ0) is 14.6. The van der Waals surface area contributed by atoms with Crippen LogP contribution in [-0.2, 0) is 4.79 Å². The third-order valence-corrected chi connectivity index (χ3v) is 5.05. The highest BCUT2D eigenvalue weighted by atomic mass is 16.2. The SMILES string of the molecule is CC(C)(C)C1CCC(CNCCNC(=O)C2CC2)CC1. The standard InChI is InChI=1S/C17H32N2O/c1-17(2,3)15-8-4-13(5-9-15)12-18-10-11-19-16(20)14-6-7-14/h13-15,18H,4-12H2,1-3H3,(H,19,20). The van der Waals surface area contributed by atoms with E-state index in [-0.39, 0.29) is 5.91 Å². The van der Waals surface area contributed by atoms with Gasteiger partial charge in [-0.05, 0) is 62.3 Å². The molecule has 2 N–H and O–H groups in total. The molecule has 0 bridgehead atoms. The first-order valence-electron chi connectivity index (χ1n) is 8.45. The van der Waals surface area contributed by atoms with E-state index in [4.69, 9.17) is 0 Å². The second-order valence-corrected chi connectivity index (χ2v) is 7.85. The van der Waals surface area contributed by atoms with E-state index in [1.165, 1.54) is 25.7 Å². The van der Waals surface area contributed by atoms with Gasteiger partial charge in [0.2, 0.25) is 5.91 Å². The van der Waals surface area contributed by atoms with Gasteiger partial charge in [0.1, 0.15) is 0 Å². The number of rotatable bonds is 6. The van der Waals surface area contributed by atoms with Gasteiger partial charge in [0.25, 0.3) is 0 Å². The molecule has 2 rings (SSSR count). The van der Waals surface area contributed by atoms with E-state index in [0.29, 0.717) is 11.3 Å². The number of carbonyl (C=O) groups is 1. The monoisotopic (exact) mass is 280 g/mol. The van der Waals surface area contributed by atoms with Gasteiger partial charge in [0, 0.05) is 19.0 Å². The van der Waals surface area contributed by atoms with Crippen LogP contribution < -0.4 is 10.6 Å². The minimum absolute atomic E-state index is 0.262. The molecule has 0 radical (unpaired) electrons. The Labute approximate surface area is 124 Å². The van der Waals surface area contributed by atoms with Crippen molar-refractivity contribution in [1.29, 1.82) is 0 Å². The van der Waals surface area contributed by atoms with Crippen molar-refractivity contribution < 1.29 is 4.79 Å². The lowest BCUT2D eigenvalue weighted by Gasteiger charge is -2.37. The van der Waals surface area contributed by atoms with Crippen LogP contribution in [0.4, 0.5) is 0 Å². The number of hydrogen-bond acceptors (Lipinski definition) is 2. The molecule has 2 aliphatic carbocycles. The van der Waals surface area contributed by atoms with E-state index < -0.39 is 0 Å². The molecule has 2 fully saturated rings. The fourth-order valence-corrected chi connectivity index (χ4v) is 3.30. The normalized spacial score (nSPS) is 27.4. The van der Waals surface area contributed by atoms with Crippen LogP contribution >= 0.6 is 0 Å². The van der Waals surface area contributed by atoms with Crippen LogP contribution in [0.2, 0.25) is 0 Å². The highest BCUT2D eigenvalue weighted by Gasteiger charge is 2.30. The lowest BCUT2D eigenvalue weighted by Crippen LogP contribution is -2.36. The summed E-state index contributed by atoms with van der Waals surface area (Å²) in [4.78, 5) is 11.5. The van der Waals surface area contributed by atoms with Gasteiger partial charge >= 0.3 is 0 Å². The predicted octanol–water partition coefficient (Wildman–Crippen LogP) is 2.95. The Morgan fingerprint density at radius 2 is 1.65 bits per heavy atom. The molecule has 0 aromatic heterocycles. The molecule has 0 aromatic rings. The van der Waals surface area contributed by atoms with Crippen molar-refractivity contribution in [2.45, 2.75) is 59.3 Å². The second-order valence-electron chi connectivity index (χ2n) is 7.85. The molecule has 0 aromatic carbocycles. The van der Waals surface area contributed by atoms with E-state index in [1.54, 1.807) is 0 Å². The number of nitrogens with one attached hydrogen (secondary N) is 2. The molecule has 0 atom stereocenters. The molecule has 1 amide bonds. The lowest BCUT2D eigenvalue weighted by atomic mass is 9.70. The summed E-state index contributed by atoms with van der Waals surface area (Å²) in [5.74, 6) is 2.34. The molecular formula is C17H32N2O. The Bertz CT molecular complexity index is 309. The lowest BCUT2D eigenvalue weighted by molar-refractivity contribution is -0.122. The van der Waals surface area contributed by atoms with Crippen LogP contribution in [0.1, 0.15) is 59.3 Å². The summed E-state index contributed by atoms with van der Waals surface area (Å²) < 4.78 is 0. The van der Waals surface area contributed by atoms with E-state index in [2.05, 4.69) is 31.4 Å². The molecule has 0 heterocycles. The molecule has 3 nitrogen and oxygen atoms in total. The van der Waals surface area contributed by atoms with Crippen LogP contribution in [0, 0.1) is 23.2 Å². The Balaban J connectivity index is 1.49. The van der Waals surface area contributed by atoms with Gasteiger partial charge in [0.05, 0.1) is 0 Å². The first-order valence-corrected chi connectivity index (χ1v) is 8.45. The Hall–Kier alpha value is -0.570. The fourth-order valence-electron chi connectivity index (χ4n) is 3.30. The molecule has 0 saturated heterocycles. The molecule has 116 valence electrons. The van der Waals surface area contributed by atoms with Gasteiger partial charge < -0.3 is 10.6 Å². The highest BCUT2D eigenvalue weighted by molar-refractivity contribution is 5.80. The summed E-state index contributed by atoms with van der Waals surface area (Å²) in [6.45, 7) is 9.94. The van der Waals surface area contributed by atoms with Crippen LogP contribution in [0.5, 0.6) is 0 Å². The van der Waals surface area contributed by atoms with Gasteiger partial charge in [-0.1, -0.05) is 20.8 Å². The van der Waals surface area contributed by atoms with Gasteiger partial charge in [-0.15, -0.1) is 0 Å². The first kappa shape index (κ1) is 15.8. The number of hydrogen-bond donors (Lipinski definition) is 2. The van der Waals surface area contributed by atoms with Gasteiger partial charge in [-0.25, -0.2) is 0 Å². The van der Waals surface area contributed by atoms with Gasteiger partial charge in [-0.3, -0.25) is 4.79 Å². The zero-order valence-electron chi connectivity index (χ0n) is 13.5. The third kappa shape index (κ3) is 5.08. The van der Waals surface area contributed by atoms with Crippen molar-refractivity contribution in [3.8, 4) is 0 Å². The van der Waals surface area contributed by atoms with Crippen molar-refractivity contribution in [2.24, 2.45) is 23.2 Å². The summed E-state index contributed by atoms with van der Waals surface area (Å²) >= 11 is 0. The van der Waals surface area contributed by atoms with E-state index in [9.17, 15) is 4.79 Å². The van der Waals surface area contributed by atoms with Gasteiger partial charge in [0.15, 0.2) is 0 Å². The van der Waals surface area contributed by atoms with Crippen molar-refractivity contribution in [3.63, 3.8) is 0 Å². The molecule has 20 heavy (non-hydrogen) atoms. The van der Waals surface area contributed by atoms with Crippen LogP contribution in [0.15, 0.2) is 0 Å². The predicted molar refractivity (Wildman–Crippen MR) is 83.5 cm³/mol. The topological polar surface area (TPSA) is 41.1 Å². The summed E-state index contributed by atoms with van der Waals surface area (Å²) in [7, 11) is 0. The number of amides is 1. The van der Waals surface area contributed by atoms with Crippen molar-refractivity contribution in [1.82, 2.24) is 10.6 Å². The summed E-state index contributed by atoms with van der Waals surface area (Å²) in [5.41, 5.74) is 0.478. The van der Waals surface area contributed by atoms with Crippen LogP contribution in [0.3, 0.4) is 0 Å². The molecule has 3 heteroatoms. The third-order valence-electron chi connectivity index (χ3n) is 5.05. The smallest absolute Gasteiger partial charge is 0.223 e. The van der Waals surface area contributed by atoms with Crippen molar-refractivity contribution in [2.75, 3.05) is 19.6 Å². The quantitative estimate of drug-likeness (QED) is 0.735. The van der Waals surface area contributed by atoms with Gasteiger partial charge in [-0.2, -0.15) is 0 Å². The zero-order valence-corrected chi connectivity index (χ0v) is 13.5. The molecule has 2 aliphatic rings. The van der Waals surface area contributed by atoms with Crippen LogP contribution in [-0.4, -0.2) is 25.5 Å². The first-order chi connectivity index (χ1) is 9.47. The highest BCUT2D eigenvalue weighted by Crippen LogP contribution is 2.39. The average Bonchev–Trinajstić information content (AvgIpc) is 3.22. The Kier molecular flexibility index (Phi) is 5.48. The summed E-state index contributed by atoms with van der Waals surface area (Å²) in [6.07, 6.45) is 7.68. The Morgan fingerprint density at radius 3 is 2.20 bits per heavy atom. The van der Waals surface area contributed by atoms with E-state index >= 15 is 0 Å². The molecular weight excluding hydrogens is 248 g/mol. The average molecular weight is 280 g/mol. The van der Waals surface area contributed by atoms with Crippen molar-refractivity contribution in [3.05, 3.63) is 0 Å². The van der Waals surface area contributed by atoms with Crippen molar-refractivity contribution >= 4 is 5.91 Å². The molecule has 0 aliphatic heterocycles. The van der Waals surface area contributed by atoms with E-state index in [1.807, 2.05) is 0 Å².